The SMILES string of the molecule is CCCc1cc(C(=O)O)ccc1-c1c(Br)cnn1C. The molecule has 1 N–H and O–H groups in total. The zero-order valence-corrected chi connectivity index (χ0v) is 12.4. The summed E-state index contributed by atoms with van der Waals surface area (Å²) in [5.74, 6) is -0.895. The van der Waals surface area contributed by atoms with Crippen LogP contribution in [0.1, 0.15) is 29.3 Å². The van der Waals surface area contributed by atoms with E-state index in [0.717, 1.165) is 34.1 Å². The molecule has 19 heavy (non-hydrogen) atoms. The summed E-state index contributed by atoms with van der Waals surface area (Å²) in [4.78, 5) is 11.1. The average Bonchev–Trinajstić information content (AvgIpc) is 2.70. The maximum atomic E-state index is 11.1. The van der Waals surface area contributed by atoms with Gasteiger partial charge in [-0.15, -0.1) is 0 Å². The van der Waals surface area contributed by atoms with Crippen molar-refractivity contribution in [2.45, 2.75) is 19.8 Å². The van der Waals surface area contributed by atoms with Gasteiger partial charge in [-0.25, -0.2) is 4.79 Å². The molecule has 5 heteroatoms. The van der Waals surface area contributed by atoms with E-state index in [1.165, 1.54) is 0 Å². The number of aromatic nitrogens is 2. The fourth-order valence-corrected chi connectivity index (χ4v) is 2.71. The van der Waals surface area contributed by atoms with Crippen molar-refractivity contribution in [2.24, 2.45) is 7.05 Å². The van der Waals surface area contributed by atoms with Gasteiger partial charge in [-0.1, -0.05) is 19.4 Å². The molecular formula is C14H15BrN2O2. The third-order valence-corrected chi connectivity index (χ3v) is 3.60. The Bertz CT molecular complexity index is 600. The lowest BCUT2D eigenvalue weighted by Gasteiger charge is -2.11. The first-order valence-corrected chi connectivity index (χ1v) is 6.88. The predicted molar refractivity (Wildman–Crippen MR) is 77.3 cm³/mol. The van der Waals surface area contributed by atoms with Crippen molar-refractivity contribution >= 4 is 21.9 Å². The van der Waals surface area contributed by atoms with Gasteiger partial charge in [-0.05, 0) is 40.0 Å². The van der Waals surface area contributed by atoms with Crippen molar-refractivity contribution in [3.63, 3.8) is 0 Å². The van der Waals surface area contributed by atoms with Crippen LogP contribution in [0, 0.1) is 0 Å². The standard InChI is InChI=1S/C14H15BrN2O2/c1-3-4-9-7-10(14(18)19)5-6-11(9)13-12(15)8-16-17(13)2/h5-8H,3-4H2,1-2H3,(H,18,19). The van der Waals surface area contributed by atoms with Gasteiger partial charge >= 0.3 is 5.97 Å². The monoisotopic (exact) mass is 322 g/mol. The highest BCUT2D eigenvalue weighted by Gasteiger charge is 2.14. The minimum Gasteiger partial charge on any atom is -0.478 e. The zero-order chi connectivity index (χ0) is 14.0. The van der Waals surface area contributed by atoms with Crippen molar-refractivity contribution in [1.82, 2.24) is 9.78 Å². The molecule has 0 radical (unpaired) electrons. The molecule has 2 rings (SSSR count). The summed E-state index contributed by atoms with van der Waals surface area (Å²) in [6.45, 7) is 2.08. The molecule has 1 heterocycles. The largest absolute Gasteiger partial charge is 0.478 e. The molecular weight excluding hydrogens is 308 g/mol. The number of halogens is 1. The summed E-state index contributed by atoms with van der Waals surface area (Å²) in [7, 11) is 1.88. The second-order valence-corrected chi connectivity index (χ2v) is 5.25. The molecule has 0 unspecified atom stereocenters. The van der Waals surface area contributed by atoms with Crippen LogP contribution in [0.5, 0.6) is 0 Å². The lowest BCUT2D eigenvalue weighted by Crippen LogP contribution is -2.02. The third-order valence-electron chi connectivity index (χ3n) is 3.02. The number of rotatable bonds is 4. The molecule has 0 amide bonds. The number of aromatic carboxylic acids is 1. The van der Waals surface area contributed by atoms with Gasteiger partial charge in [0, 0.05) is 12.6 Å². The average molecular weight is 323 g/mol. The first kappa shape index (κ1) is 13.8. The molecule has 0 saturated heterocycles. The summed E-state index contributed by atoms with van der Waals surface area (Å²) < 4.78 is 2.70. The van der Waals surface area contributed by atoms with Crippen molar-refractivity contribution in [3.8, 4) is 11.3 Å². The second-order valence-electron chi connectivity index (χ2n) is 4.39. The van der Waals surface area contributed by atoms with E-state index in [-0.39, 0.29) is 0 Å². The number of carboxylic acids is 1. The first-order chi connectivity index (χ1) is 9.04. The van der Waals surface area contributed by atoms with Crippen molar-refractivity contribution in [3.05, 3.63) is 40.0 Å². The topological polar surface area (TPSA) is 55.1 Å². The molecule has 0 spiro atoms. The molecule has 4 nitrogen and oxygen atoms in total. The molecule has 1 aromatic heterocycles. The summed E-state index contributed by atoms with van der Waals surface area (Å²) >= 11 is 3.49. The number of carbonyl (C=O) groups is 1. The van der Waals surface area contributed by atoms with Crippen LogP contribution in [0.3, 0.4) is 0 Å². The minimum absolute atomic E-state index is 0.325. The lowest BCUT2D eigenvalue weighted by atomic mass is 9.98. The van der Waals surface area contributed by atoms with E-state index in [4.69, 9.17) is 5.11 Å². The smallest absolute Gasteiger partial charge is 0.335 e. The third kappa shape index (κ3) is 2.71. The molecule has 0 aliphatic rings. The van der Waals surface area contributed by atoms with Gasteiger partial charge in [0.25, 0.3) is 0 Å². The molecule has 100 valence electrons. The second kappa shape index (κ2) is 5.57. The summed E-state index contributed by atoms with van der Waals surface area (Å²) in [5.41, 5.74) is 3.36. The molecule has 2 aromatic rings. The normalized spacial score (nSPS) is 10.7. The number of carboxylic acid groups (broad SMARTS) is 1. The number of benzene rings is 1. The van der Waals surface area contributed by atoms with Crippen LogP contribution in [0.25, 0.3) is 11.3 Å². The fraction of sp³-hybridized carbons (Fsp3) is 0.286. The van der Waals surface area contributed by atoms with Crippen LogP contribution in [-0.2, 0) is 13.5 Å². The van der Waals surface area contributed by atoms with Gasteiger partial charge in [0.1, 0.15) is 0 Å². The summed E-state index contributed by atoms with van der Waals surface area (Å²) in [6, 6.07) is 5.24. The molecule has 0 saturated carbocycles. The minimum atomic E-state index is -0.895. The number of hydrogen-bond acceptors (Lipinski definition) is 2. The Balaban J connectivity index is 2.60. The van der Waals surface area contributed by atoms with Gasteiger partial charge in [-0.2, -0.15) is 5.10 Å². The van der Waals surface area contributed by atoms with Crippen LogP contribution in [0.15, 0.2) is 28.9 Å². The quantitative estimate of drug-likeness (QED) is 0.937. The van der Waals surface area contributed by atoms with Gasteiger partial charge in [0.2, 0.25) is 0 Å². The van der Waals surface area contributed by atoms with Gasteiger partial charge < -0.3 is 5.11 Å². The van der Waals surface area contributed by atoms with Crippen LogP contribution in [0.4, 0.5) is 0 Å². The van der Waals surface area contributed by atoms with Gasteiger partial charge in [0.15, 0.2) is 0 Å². The number of nitrogens with zero attached hydrogens (tertiary/aromatic N) is 2. The maximum Gasteiger partial charge on any atom is 0.335 e. The molecule has 0 fully saturated rings. The fourth-order valence-electron chi connectivity index (χ4n) is 2.15. The highest BCUT2D eigenvalue weighted by Crippen LogP contribution is 2.31. The molecule has 0 aliphatic carbocycles. The van der Waals surface area contributed by atoms with Crippen LogP contribution < -0.4 is 0 Å². The van der Waals surface area contributed by atoms with E-state index in [1.807, 2.05) is 13.1 Å². The van der Waals surface area contributed by atoms with Crippen molar-refractivity contribution in [1.29, 1.82) is 0 Å². The number of hydrogen-bond donors (Lipinski definition) is 1. The van der Waals surface area contributed by atoms with E-state index in [1.54, 1.807) is 23.0 Å². The zero-order valence-electron chi connectivity index (χ0n) is 10.9. The Morgan fingerprint density at radius 3 is 2.74 bits per heavy atom. The molecule has 1 aromatic carbocycles. The van der Waals surface area contributed by atoms with E-state index in [2.05, 4.69) is 28.0 Å². The van der Waals surface area contributed by atoms with Crippen molar-refractivity contribution < 1.29 is 9.90 Å². The van der Waals surface area contributed by atoms with Crippen LogP contribution in [-0.4, -0.2) is 20.9 Å². The van der Waals surface area contributed by atoms with E-state index in [0.29, 0.717) is 5.56 Å². The Morgan fingerprint density at radius 1 is 1.47 bits per heavy atom. The predicted octanol–water partition coefficient (Wildman–Crippen LogP) is 3.50. The van der Waals surface area contributed by atoms with E-state index >= 15 is 0 Å². The Morgan fingerprint density at radius 2 is 2.21 bits per heavy atom. The highest BCUT2D eigenvalue weighted by atomic mass is 79.9. The Labute approximate surface area is 120 Å². The molecule has 0 bridgehead atoms. The maximum absolute atomic E-state index is 11.1. The van der Waals surface area contributed by atoms with E-state index in [9.17, 15) is 4.79 Å². The van der Waals surface area contributed by atoms with E-state index < -0.39 is 5.97 Å². The summed E-state index contributed by atoms with van der Waals surface area (Å²) in [6.07, 6.45) is 3.55. The van der Waals surface area contributed by atoms with Gasteiger partial charge in [0.05, 0.1) is 21.9 Å². The molecule has 0 aliphatic heterocycles. The lowest BCUT2D eigenvalue weighted by molar-refractivity contribution is 0.0697. The Hall–Kier alpha value is -1.62. The first-order valence-electron chi connectivity index (χ1n) is 6.08. The Kier molecular flexibility index (Phi) is 4.04. The molecule has 0 atom stereocenters. The highest BCUT2D eigenvalue weighted by molar-refractivity contribution is 9.10. The van der Waals surface area contributed by atoms with Gasteiger partial charge in [-0.3, -0.25) is 4.68 Å². The number of aryl methyl sites for hydroxylation is 2. The van der Waals surface area contributed by atoms with Crippen LogP contribution in [0.2, 0.25) is 0 Å². The van der Waals surface area contributed by atoms with Crippen LogP contribution >= 0.6 is 15.9 Å². The summed E-state index contributed by atoms with van der Waals surface area (Å²) in [5, 5.41) is 13.3. The van der Waals surface area contributed by atoms with Crippen molar-refractivity contribution in [2.75, 3.05) is 0 Å².